The van der Waals surface area contributed by atoms with Crippen LogP contribution in [0.25, 0.3) is 0 Å². The number of ether oxygens (including phenoxy) is 2. The van der Waals surface area contributed by atoms with Crippen molar-refractivity contribution in [1.82, 2.24) is 5.32 Å². The second kappa shape index (κ2) is 6.91. The van der Waals surface area contributed by atoms with Gasteiger partial charge in [0.1, 0.15) is 0 Å². The third-order valence-corrected chi connectivity index (χ3v) is 7.51. The number of hydrogen-bond acceptors (Lipinski definition) is 5. The molecule has 1 amide bonds. The Hall–Kier alpha value is -2.74. The van der Waals surface area contributed by atoms with E-state index < -0.39 is 15.6 Å². The Morgan fingerprint density at radius 1 is 1.07 bits per heavy atom. The van der Waals surface area contributed by atoms with Gasteiger partial charge >= 0.3 is 0 Å². The maximum Gasteiger partial charge on any atom is 0.251 e. The van der Waals surface area contributed by atoms with Gasteiger partial charge in [0.05, 0.1) is 17.5 Å². The third-order valence-electron chi connectivity index (χ3n) is 6.33. The summed E-state index contributed by atoms with van der Waals surface area (Å²) in [6.07, 6.45) is 5.63. The maximum atomic E-state index is 13.2. The number of carbonyl (C=O) groups excluding carboxylic acids is 1. The predicted octanol–water partition coefficient (Wildman–Crippen LogP) is 2.94. The van der Waals surface area contributed by atoms with Crippen molar-refractivity contribution in [3.8, 4) is 11.5 Å². The summed E-state index contributed by atoms with van der Waals surface area (Å²) in [6.45, 7) is 0.637. The summed E-state index contributed by atoms with van der Waals surface area (Å²) >= 11 is 0. The number of benzene rings is 2. The molecule has 0 unspecified atom stereocenters. The van der Waals surface area contributed by atoms with Gasteiger partial charge in [-0.1, -0.05) is 18.9 Å². The van der Waals surface area contributed by atoms with Gasteiger partial charge in [-0.15, -0.1) is 0 Å². The van der Waals surface area contributed by atoms with Crippen LogP contribution in [0.4, 0.5) is 5.69 Å². The molecule has 8 heteroatoms. The Balaban J connectivity index is 1.42. The quantitative estimate of drug-likeness (QED) is 0.809. The second-order valence-corrected chi connectivity index (χ2v) is 10.1. The fraction of sp³-hybridized carbons (Fsp3) is 0.409. The summed E-state index contributed by atoms with van der Waals surface area (Å²) in [5, 5.41) is 3.28. The van der Waals surface area contributed by atoms with Crippen molar-refractivity contribution in [1.29, 1.82) is 0 Å². The van der Waals surface area contributed by atoms with Crippen LogP contribution >= 0.6 is 0 Å². The van der Waals surface area contributed by atoms with Crippen LogP contribution in [0.2, 0.25) is 0 Å². The van der Waals surface area contributed by atoms with Gasteiger partial charge in [0.25, 0.3) is 5.91 Å². The van der Waals surface area contributed by atoms with Crippen LogP contribution in [-0.2, 0) is 22.0 Å². The molecule has 0 spiro atoms. The topological polar surface area (TPSA) is 84.9 Å². The first kappa shape index (κ1) is 19.2. The largest absolute Gasteiger partial charge is 0.454 e. The number of amides is 1. The molecule has 5 rings (SSSR count). The molecule has 0 aromatic heterocycles. The van der Waals surface area contributed by atoms with Crippen molar-refractivity contribution in [3.63, 3.8) is 0 Å². The molecule has 1 saturated carbocycles. The maximum absolute atomic E-state index is 13.2. The highest BCUT2D eigenvalue weighted by Gasteiger charge is 2.38. The summed E-state index contributed by atoms with van der Waals surface area (Å²) in [6, 6.07) is 11.1. The van der Waals surface area contributed by atoms with E-state index >= 15 is 0 Å². The lowest BCUT2D eigenvalue weighted by atomic mass is 9.87. The van der Waals surface area contributed by atoms with Crippen LogP contribution in [0.3, 0.4) is 0 Å². The van der Waals surface area contributed by atoms with Gasteiger partial charge in [-0.2, -0.15) is 0 Å². The zero-order valence-electron chi connectivity index (χ0n) is 16.8. The third kappa shape index (κ3) is 3.19. The second-order valence-electron chi connectivity index (χ2n) is 8.24. The lowest BCUT2D eigenvalue weighted by Crippen LogP contribution is -2.43. The zero-order chi connectivity index (χ0) is 20.9. The Morgan fingerprint density at radius 3 is 2.60 bits per heavy atom. The molecule has 7 nitrogen and oxygen atoms in total. The van der Waals surface area contributed by atoms with Crippen LogP contribution in [0.15, 0.2) is 36.4 Å². The van der Waals surface area contributed by atoms with Crippen molar-refractivity contribution < 1.29 is 22.7 Å². The van der Waals surface area contributed by atoms with Crippen LogP contribution in [0.5, 0.6) is 11.5 Å². The highest BCUT2D eigenvalue weighted by Crippen LogP contribution is 2.43. The Bertz CT molecular complexity index is 1120. The van der Waals surface area contributed by atoms with E-state index in [1.165, 1.54) is 10.6 Å². The molecule has 2 aromatic rings. The van der Waals surface area contributed by atoms with Gasteiger partial charge in [0.15, 0.2) is 11.5 Å². The molecule has 158 valence electrons. The van der Waals surface area contributed by atoms with Gasteiger partial charge in [0.2, 0.25) is 16.8 Å². The molecule has 1 N–H and O–H groups in total. The molecule has 0 saturated heterocycles. The molecular weight excluding hydrogens is 404 g/mol. The first-order chi connectivity index (χ1) is 14.4. The normalized spacial score (nSPS) is 19.0. The minimum Gasteiger partial charge on any atom is -0.454 e. The van der Waals surface area contributed by atoms with Gasteiger partial charge in [-0.3, -0.25) is 9.10 Å². The average molecular weight is 429 g/mol. The summed E-state index contributed by atoms with van der Waals surface area (Å²) in [5.41, 5.74) is 2.70. The molecule has 0 radical (unpaired) electrons. The van der Waals surface area contributed by atoms with E-state index in [9.17, 15) is 13.2 Å². The van der Waals surface area contributed by atoms with Crippen molar-refractivity contribution in [2.45, 2.75) is 37.6 Å². The molecular formula is C22H24N2O5S. The lowest BCUT2D eigenvalue weighted by Gasteiger charge is -2.31. The van der Waals surface area contributed by atoms with E-state index in [1.807, 2.05) is 24.3 Å². The molecule has 0 atom stereocenters. The van der Waals surface area contributed by atoms with Crippen molar-refractivity contribution in [3.05, 3.63) is 53.1 Å². The smallest absolute Gasteiger partial charge is 0.251 e. The Labute approximate surface area is 176 Å². The zero-order valence-corrected chi connectivity index (χ0v) is 17.6. The van der Waals surface area contributed by atoms with Gasteiger partial charge in [0, 0.05) is 12.1 Å². The van der Waals surface area contributed by atoms with E-state index in [-0.39, 0.29) is 12.7 Å². The van der Waals surface area contributed by atoms with Crippen molar-refractivity contribution >= 4 is 21.6 Å². The van der Waals surface area contributed by atoms with Gasteiger partial charge < -0.3 is 14.8 Å². The molecule has 2 aliphatic heterocycles. The monoisotopic (exact) mass is 428 g/mol. The van der Waals surface area contributed by atoms with E-state index in [0.717, 1.165) is 42.6 Å². The summed E-state index contributed by atoms with van der Waals surface area (Å²) < 4.78 is 36.3. The van der Waals surface area contributed by atoms with Crippen LogP contribution in [0, 0.1) is 0 Å². The first-order valence-corrected chi connectivity index (χ1v) is 12.0. The van der Waals surface area contributed by atoms with Crippen LogP contribution < -0.4 is 19.1 Å². The molecule has 2 aromatic carbocycles. The number of nitrogens with zero attached hydrogens (tertiary/aromatic N) is 1. The van der Waals surface area contributed by atoms with E-state index in [1.54, 1.807) is 12.1 Å². The minimum absolute atomic E-state index is 0.143. The average Bonchev–Trinajstić information content (AvgIpc) is 3.45. The fourth-order valence-electron chi connectivity index (χ4n) is 4.81. The molecule has 0 bridgehead atoms. The number of hydrogen-bond donors (Lipinski definition) is 1. The van der Waals surface area contributed by atoms with Crippen LogP contribution in [0.1, 0.15) is 47.2 Å². The molecule has 1 fully saturated rings. The Kier molecular flexibility index (Phi) is 4.43. The van der Waals surface area contributed by atoms with E-state index in [4.69, 9.17) is 9.47 Å². The number of rotatable bonds is 4. The highest BCUT2D eigenvalue weighted by atomic mass is 32.2. The van der Waals surface area contributed by atoms with Gasteiger partial charge in [-0.05, 0) is 60.7 Å². The number of nitrogens with one attached hydrogen (secondary N) is 1. The van der Waals surface area contributed by atoms with E-state index in [0.29, 0.717) is 30.0 Å². The molecule has 1 aliphatic carbocycles. The predicted molar refractivity (Wildman–Crippen MR) is 113 cm³/mol. The first-order valence-electron chi connectivity index (χ1n) is 10.2. The van der Waals surface area contributed by atoms with Crippen molar-refractivity contribution in [2.24, 2.45) is 0 Å². The number of fused-ring (bicyclic) bond motifs is 2. The summed E-state index contributed by atoms with van der Waals surface area (Å²) in [4.78, 5) is 13.2. The van der Waals surface area contributed by atoms with Crippen LogP contribution in [-0.4, -0.2) is 33.9 Å². The Morgan fingerprint density at radius 2 is 1.83 bits per heavy atom. The summed E-state index contributed by atoms with van der Waals surface area (Å²) in [5.74, 6) is 1.30. The molecule has 3 aliphatic rings. The SMILES string of the molecule is CS(=O)(=O)N1CCc2cc(C(=O)NC3(c4ccc5c(c4)OCO5)CCCC3)ccc21. The number of sulfonamides is 1. The van der Waals surface area contributed by atoms with E-state index in [2.05, 4.69) is 5.32 Å². The minimum atomic E-state index is -3.31. The van der Waals surface area contributed by atoms with Gasteiger partial charge in [-0.25, -0.2) is 8.42 Å². The summed E-state index contributed by atoms with van der Waals surface area (Å²) in [7, 11) is -3.31. The molecule has 30 heavy (non-hydrogen) atoms. The fourth-order valence-corrected chi connectivity index (χ4v) is 5.76. The molecule has 2 heterocycles. The van der Waals surface area contributed by atoms with Crippen molar-refractivity contribution in [2.75, 3.05) is 23.9 Å². The lowest BCUT2D eigenvalue weighted by molar-refractivity contribution is 0.0898. The standard InChI is InChI=1S/C22H24N2O5S/c1-30(26,27)24-11-8-15-12-16(4-6-18(15)24)21(25)23-22(9-2-3-10-22)17-5-7-19-20(13-17)29-14-28-19/h4-7,12-13H,2-3,8-11,14H2,1H3,(H,23,25). The highest BCUT2D eigenvalue weighted by molar-refractivity contribution is 7.92. The number of carbonyl (C=O) groups is 1. The number of anilines is 1.